The van der Waals surface area contributed by atoms with Crippen molar-refractivity contribution in [3.05, 3.63) is 0 Å². The molecule has 0 saturated carbocycles. The summed E-state index contributed by atoms with van der Waals surface area (Å²) >= 11 is 0. The maximum atomic E-state index is 9.74. The zero-order valence-electron chi connectivity index (χ0n) is 8.54. The molecular weight excluding hydrogens is 152 g/mol. The Morgan fingerprint density at radius 3 is 1.67 bits per heavy atom. The van der Waals surface area contributed by atoms with Gasteiger partial charge >= 0.3 is 0 Å². The minimum atomic E-state index is 0.255. The van der Waals surface area contributed by atoms with Crippen molar-refractivity contribution in [2.45, 2.75) is 40.5 Å². The second kappa shape index (κ2) is 10.3. The number of carbonyl (C=O) groups is 2. The molecule has 2 nitrogen and oxygen atoms in total. The third-order valence-electron chi connectivity index (χ3n) is 1.44. The van der Waals surface area contributed by atoms with Crippen LogP contribution in [0.2, 0.25) is 0 Å². The summed E-state index contributed by atoms with van der Waals surface area (Å²) < 4.78 is 0. The van der Waals surface area contributed by atoms with Crippen LogP contribution in [0, 0.1) is 11.8 Å². The first-order chi connectivity index (χ1) is 5.58. The summed E-state index contributed by atoms with van der Waals surface area (Å²) in [5.74, 6) is 0.785. The Morgan fingerprint density at radius 1 is 1.17 bits per heavy atom. The standard InChI is InChI=1S/2C5H10O/c1-5(2)3-4-6;1-3-5(2)4-6/h2*4-5H,3H2,1-2H3. The quantitative estimate of drug-likeness (QED) is 0.610. The van der Waals surface area contributed by atoms with Gasteiger partial charge in [0.2, 0.25) is 0 Å². The van der Waals surface area contributed by atoms with E-state index in [0.29, 0.717) is 12.3 Å². The monoisotopic (exact) mass is 172 g/mol. The van der Waals surface area contributed by atoms with Gasteiger partial charge in [-0.3, -0.25) is 0 Å². The normalized spacial score (nSPS) is 11.4. The Morgan fingerprint density at radius 2 is 1.67 bits per heavy atom. The summed E-state index contributed by atoms with van der Waals surface area (Å²) in [4.78, 5) is 19.4. The van der Waals surface area contributed by atoms with Crippen molar-refractivity contribution in [1.29, 1.82) is 0 Å². The topological polar surface area (TPSA) is 34.1 Å². The van der Waals surface area contributed by atoms with Gasteiger partial charge in [0.25, 0.3) is 0 Å². The number of aldehydes is 2. The third-order valence-corrected chi connectivity index (χ3v) is 1.44. The first kappa shape index (κ1) is 13.9. The fraction of sp³-hybridized carbons (Fsp3) is 0.800. The Labute approximate surface area is 75.4 Å². The van der Waals surface area contributed by atoms with Gasteiger partial charge in [-0.05, 0) is 12.3 Å². The first-order valence-corrected chi connectivity index (χ1v) is 4.47. The van der Waals surface area contributed by atoms with Crippen LogP contribution in [0.5, 0.6) is 0 Å². The molecule has 0 fully saturated rings. The zero-order valence-corrected chi connectivity index (χ0v) is 8.54. The summed E-state index contributed by atoms with van der Waals surface area (Å²) in [6.45, 7) is 7.95. The molecule has 0 aliphatic rings. The third kappa shape index (κ3) is 16.2. The van der Waals surface area contributed by atoms with Crippen LogP contribution < -0.4 is 0 Å². The fourth-order valence-corrected chi connectivity index (χ4v) is 0.289. The highest BCUT2D eigenvalue weighted by Crippen LogP contribution is 1.92. The van der Waals surface area contributed by atoms with E-state index in [0.717, 1.165) is 19.0 Å². The molecule has 0 aliphatic carbocycles. The molecule has 0 radical (unpaired) electrons. The molecule has 72 valence electrons. The number of hydrogen-bond donors (Lipinski definition) is 0. The van der Waals surface area contributed by atoms with Crippen molar-refractivity contribution in [3.8, 4) is 0 Å². The highest BCUT2D eigenvalue weighted by atomic mass is 16.1. The van der Waals surface area contributed by atoms with E-state index >= 15 is 0 Å². The smallest absolute Gasteiger partial charge is 0.122 e. The average Bonchev–Trinajstić information content (AvgIpc) is 2.04. The van der Waals surface area contributed by atoms with E-state index in [1.807, 2.05) is 27.7 Å². The van der Waals surface area contributed by atoms with Gasteiger partial charge in [-0.1, -0.05) is 27.7 Å². The predicted molar refractivity (Wildman–Crippen MR) is 51.0 cm³/mol. The molecule has 1 atom stereocenters. The van der Waals surface area contributed by atoms with E-state index < -0.39 is 0 Å². The SMILES string of the molecule is CC(C)CC=O.CCC(C)C=O. The number of rotatable bonds is 4. The van der Waals surface area contributed by atoms with Crippen molar-refractivity contribution in [2.24, 2.45) is 11.8 Å². The molecule has 0 rings (SSSR count). The maximum absolute atomic E-state index is 9.74. The van der Waals surface area contributed by atoms with Crippen LogP contribution in [0.4, 0.5) is 0 Å². The van der Waals surface area contributed by atoms with Gasteiger partial charge in [0.05, 0.1) is 0 Å². The number of carbonyl (C=O) groups excluding carboxylic acids is 2. The molecule has 0 spiro atoms. The van der Waals surface area contributed by atoms with E-state index in [-0.39, 0.29) is 5.92 Å². The Balaban J connectivity index is 0. The van der Waals surface area contributed by atoms with Crippen LogP contribution in [0.15, 0.2) is 0 Å². The van der Waals surface area contributed by atoms with Crippen LogP contribution in [-0.2, 0) is 9.59 Å². The Hall–Kier alpha value is -0.660. The molecular formula is C10H20O2. The average molecular weight is 172 g/mol. The molecule has 1 unspecified atom stereocenters. The minimum Gasteiger partial charge on any atom is -0.303 e. The molecule has 0 aromatic carbocycles. The molecule has 0 N–H and O–H groups in total. The second-order valence-electron chi connectivity index (χ2n) is 3.32. The highest BCUT2D eigenvalue weighted by Gasteiger charge is 1.89. The van der Waals surface area contributed by atoms with Crippen molar-refractivity contribution >= 4 is 12.6 Å². The van der Waals surface area contributed by atoms with Gasteiger partial charge in [0.15, 0.2) is 0 Å². The van der Waals surface area contributed by atoms with Gasteiger partial charge in [0.1, 0.15) is 12.6 Å². The molecule has 0 heterocycles. The number of hydrogen-bond acceptors (Lipinski definition) is 2. The molecule has 0 aromatic heterocycles. The van der Waals surface area contributed by atoms with Crippen molar-refractivity contribution in [1.82, 2.24) is 0 Å². The van der Waals surface area contributed by atoms with Gasteiger partial charge in [0, 0.05) is 12.3 Å². The van der Waals surface area contributed by atoms with Crippen LogP contribution in [0.1, 0.15) is 40.5 Å². The fourth-order valence-electron chi connectivity index (χ4n) is 0.289. The van der Waals surface area contributed by atoms with Crippen LogP contribution in [0.3, 0.4) is 0 Å². The Bertz CT molecular complexity index is 108. The highest BCUT2D eigenvalue weighted by molar-refractivity contribution is 5.52. The van der Waals surface area contributed by atoms with E-state index in [2.05, 4.69) is 0 Å². The van der Waals surface area contributed by atoms with E-state index in [1.54, 1.807) is 0 Å². The van der Waals surface area contributed by atoms with Crippen LogP contribution in [-0.4, -0.2) is 12.6 Å². The van der Waals surface area contributed by atoms with E-state index in [9.17, 15) is 9.59 Å². The van der Waals surface area contributed by atoms with Gasteiger partial charge < -0.3 is 9.59 Å². The van der Waals surface area contributed by atoms with E-state index in [4.69, 9.17) is 0 Å². The van der Waals surface area contributed by atoms with Gasteiger partial charge in [-0.25, -0.2) is 0 Å². The molecule has 0 aliphatic heterocycles. The molecule has 12 heavy (non-hydrogen) atoms. The summed E-state index contributed by atoms with van der Waals surface area (Å²) in [6.07, 6.45) is 3.58. The summed E-state index contributed by atoms with van der Waals surface area (Å²) in [5.41, 5.74) is 0. The molecule has 0 amide bonds. The summed E-state index contributed by atoms with van der Waals surface area (Å²) in [6, 6.07) is 0. The molecule has 2 heteroatoms. The summed E-state index contributed by atoms with van der Waals surface area (Å²) in [5, 5.41) is 0. The minimum absolute atomic E-state index is 0.255. The molecule has 0 bridgehead atoms. The van der Waals surface area contributed by atoms with Crippen molar-refractivity contribution in [3.63, 3.8) is 0 Å². The van der Waals surface area contributed by atoms with Gasteiger partial charge in [-0.15, -0.1) is 0 Å². The lowest BCUT2D eigenvalue weighted by Crippen LogP contribution is -1.89. The van der Waals surface area contributed by atoms with Crippen LogP contribution >= 0.6 is 0 Å². The molecule has 0 aromatic rings. The predicted octanol–water partition coefficient (Wildman–Crippen LogP) is 2.46. The first-order valence-electron chi connectivity index (χ1n) is 4.47. The second-order valence-corrected chi connectivity index (χ2v) is 3.32. The zero-order chi connectivity index (χ0) is 9.98. The molecule has 0 saturated heterocycles. The lowest BCUT2D eigenvalue weighted by Gasteiger charge is -1.89. The van der Waals surface area contributed by atoms with E-state index in [1.165, 1.54) is 0 Å². The lowest BCUT2D eigenvalue weighted by molar-refractivity contribution is -0.110. The van der Waals surface area contributed by atoms with Gasteiger partial charge in [-0.2, -0.15) is 0 Å². The van der Waals surface area contributed by atoms with Crippen molar-refractivity contribution < 1.29 is 9.59 Å². The summed E-state index contributed by atoms with van der Waals surface area (Å²) in [7, 11) is 0. The van der Waals surface area contributed by atoms with Crippen molar-refractivity contribution in [2.75, 3.05) is 0 Å². The maximum Gasteiger partial charge on any atom is 0.122 e. The Kier molecular flexibility index (Phi) is 12.0. The van der Waals surface area contributed by atoms with Crippen LogP contribution in [0.25, 0.3) is 0 Å². The lowest BCUT2D eigenvalue weighted by atomic mass is 10.2. The largest absolute Gasteiger partial charge is 0.303 e.